The third-order valence-corrected chi connectivity index (χ3v) is 4.94. The maximum absolute atomic E-state index is 3.71. The average Bonchev–Trinajstić information content (AvgIpc) is 2.41. The van der Waals surface area contributed by atoms with E-state index in [0.29, 0.717) is 6.04 Å². The van der Waals surface area contributed by atoms with Crippen LogP contribution < -0.4 is 5.32 Å². The summed E-state index contributed by atoms with van der Waals surface area (Å²) in [6, 6.07) is 10.5. The van der Waals surface area contributed by atoms with Crippen LogP contribution in [0.1, 0.15) is 56.6 Å². The number of hydrogen-bond donors (Lipinski definition) is 1. The second-order valence-corrected chi connectivity index (χ2v) is 7.01. The number of nitrogens with zero attached hydrogens (tertiary/aromatic N) is 1. The van der Waals surface area contributed by atoms with E-state index < -0.39 is 0 Å². The fraction of sp³-hybridized carbons (Fsp3) is 0.684. The van der Waals surface area contributed by atoms with Crippen molar-refractivity contribution in [3.63, 3.8) is 0 Å². The van der Waals surface area contributed by atoms with Gasteiger partial charge in [0.05, 0.1) is 0 Å². The summed E-state index contributed by atoms with van der Waals surface area (Å²) in [5.74, 6) is 0.787. The molecule has 1 aliphatic rings. The van der Waals surface area contributed by atoms with Crippen LogP contribution in [0.3, 0.4) is 0 Å². The average molecular weight is 288 g/mol. The molecular weight excluding hydrogens is 256 g/mol. The van der Waals surface area contributed by atoms with Crippen molar-refractivity contribution in [2.24, 2.45) is 0 Å². The van der Waals surface area contributed by atoms with E-state index in [9.17, 15) is 0 Å². The molecule has 0 bridgehead atoms. The molecule has 0 saturated heterocycles. The number of unbranched alkanes of at least 4 members (excludes halogenated alkanes) is 1. The molecule has 0 unspecified atom stereocenters. The Kier molecular flexibility index (Phi) is 6.25. The van der Waals surface area contributed by atoms with Gasteiger partial charge in [0.2, 0.25) is 0 Å². The van der Waals surface area contributed by atoms with Gasteiger partial charge in [0, 0.05) is 12.1 Å². The highest BCUT2D eigenvalue weighted by Gasteiger charge is 2.29. The van der Waals surface area contributed by atoms with Gasteiger partial charge in [0.25, 0.3) is 0 Å². The van der Waals surface area contributed by atoms with Gasteiger partial charge in [-0.25, -0.2) is 0 Å². The quantitative estimate of drug-likeness (QED) is 0.729. The van der Waals surface area contributed by atoms with E-state index in [2.05, 4.69) is 62.3 Å². The molecule has 1 aromatic rings. The van der Waals surface area contributed by atoms with Gasteiger partial charge in [0.15, 0.2) is 0 Å². The second-order valence-electron chi connectivity index (χ2n) is 7.01. The van der Waals surface area contributed by atoms with Crippen LogP contribution in [0.4, 0.5) is 0 Å². The number of rotatable bonds is 8. The summed E-state index contributed by atoms with van der Waals surface area (Å²) in [6.45, 7) is 9.08. The summed E-state index contributed by atoms with van der Waals surface area (Å²) in [7, 11) is 2.22. The smallest absolute Gasteiger partial charge is 0.00787 e. The molecule has 21 heavy (non-hydrogen) atoms. The highest BCUT2D eigenvalue weighted by Crippen LogP contribution is 2.36. The van der Waals surface area contributed by atoms with Crippen LogP contribution in [0.5, 0.6) is 0 Å². The van der Waals surface area contributed by atoms with E-state index in [0.717, 1.165) is 12.0 Å². The van der Waals surface area contributed by atoms with Crippen LogP contribution in [0, 0.1) is 6.92 Å². The predicted octanol–water partition coefficient (Wildman–Crippen LogP) is 3.95. The Labute approximate surface area is 130 Å². The largest absolute Gasteiger partial charge is 0.314 e. The Morgan fingerprint density at radius 3 is 2.43 bits per heavy atom. The highest BCUT2D eigenvalue weighted by atomic mass is 15.1. The number of benzene rings is 1. The van der Waals surface area contributed by atoms with E-state index in [1.165, 1.54) is 49.9 Å². The van der Waals surface area contributed by atoms with Crippen molar-refractivity contribution < 1.29 is 0 Å². The topological polar surface area (TPSA) is 15.3 Å². The zero-order valence-electron chi connectivity index (χ0n) is 14.2. The van der Waals surface area contributed by atoms with Gasteiger partial charge >= 0.3 is 0 Å². The predicted molar refractivity (Wildman–Crippen MR) is 91.9 cm³/mol. The summed E-state index contributed by atoms with van der Waals surface area (Å²) in [4.78, 5) is 2.43. The number of aryl methyl sites for hydroxylation is 1. The maximum Gasteiger partial charge on any atom is 0.00787 e. The lowest BCUT2D eigenvalue weighted by atomic mass is 9.76. The minimum atomic E-state index is 0.667. The van der Waals surface area contributed by atoms with Crippen molar-refractivity contribution in [3.8, 4) is 0 Å². The summed E-state index contributed by atoms with van der Waals surface area (Å²) < 4.78 is 0. The van der Waals surface area contributed by atoms with Crippen molar-refractivity contribution in [1.82, 2.24) is 10.2 Å². The van der Waals surface area contributed by atoms with Gasteiger partial charge in [-0.2, -0.15) is 0 Å². The minimum Gasteiger partial charge on any atom is -0.314 e. The molecule has 0 atom stereocenters. The van der Waals surface area contributed by atoms with Gasteiger partial charge in [0.1, 0.15) is 0 Å². The zero-order valence-corrected chi connectivity index (χ0v) is 14.2. The van der Waals surface area contributed by atoms with Gasteiger partial charge in [-0.05, 0) is 78.1 Å². The van der Waals surface area contributed by atoms with Crippen molar-refractivity contribution in [2.45, 2.75) is 64.5 Å². The zero-order chi connectivity index (χ0) is 15.2. The van der Waals surface area contributed by atoms with E-state index in [-0.39, 0.29) is 0 Å². The van der Waals surface area contributed by atoms with Crippen LogP contribution in [0.25, 0.3) is 0 Å². The monoisotopic (exact) mass is 288 g/mol. The molecule has 1 fully saturated rings. The molecule has 1 saturated carbocycles. The van der Waals surface area contributed by atoms with Crippen molar-refractivity contribution in [3.05, 3.63) is 35.4 Å². The molecule has 2 rings (SSSR count). The molecule has 0 spiro atoms. The molecule has 1 aliphatic carbocycles. The van der Waals surface area contributed by atoms with Crippen LogP contribution in [0.15, 0.2) is 24.3 Å². The van der Waals surface area contributed by atoms with Crippen LogP contribution >= 0.6 is 0 Å². The molecule has 118 valence electrons. The summed E-state index contributed by atoms with van der Waals surface area (Å²) in [5.41, 5.74) is 2.89. The SMILES string of the molecule is Cc1ccc(C2CC(NCCCCN(C)C(C)C)C2)cc1. The molecule has 0 amide bonds. The Balaban J connectivity index is 1.54. The van der Waals surface area contributed by atoms with E-state index in [1.807, 2.05) is 0 Å². The molecule has 0 aliphatic heterocycles. The third kappa shape index (κ3) is 5.12. The van der Waals surface area contributed by atoms with Crippen molar-refractivity contribution >= 4 is 0 Å². The minimum absolute atomic E-state index is 0.667. The Hall–Kier alpha value is -0.860. The normalized spacial score (nSPS) is 21.8. The summed E-state index contributed by atoms with van der Waals surface area (Å²) in [5, 5.41) is 3.71. The first kappa shape index (κ1) is 16.5. The molecule has 0 heterocycles. The second kappa shape index (κ2) is 7.95. The molecule has 1 aromatic carbocycles. The first-order valence-corrected chi connectivity index (χ1v) is 8.56. The number of nitrogens with one attached hydrogen (secondary N) is 1. The van der Waals surface area contributed by atoms with Crippen LogP contribution in [0.2, 0.25) is 0 Å². The van der Waals surface area contributed by atoms with Gasteiger partial charge in [-0.3, -0.25) is 0 Å². The maximum atomic E-state index is 3.71. The molecule has 1 N–H and O–H groups in total. The Morgan fingerprint density at radius 1 is 1.14 bits per heavy atom. The van der Waals surface area contributed by atoms with Crippen molar-refractivity contribution in [2.75, 3.05) is 20.1 Å². The van der Waals surface area contributed by atoms with Gasteiger partial charge in [-0.15, -0.1) is 0 Å². The number of hydrogen-bond acceptors (Lipinski definition) is 2. The Bertz CT molecular complexity index is 404. The molecular formula is C19H32N2. The standard InChI is InChI=1S/C19H32N2/c1-15(2)21(4)12-6-5-11-20-19-13-18(14-19)17-9-7-16(3)8-10-17/h7-10,15,18-20H,5-6,11-14H2,1-4H3. The van der Waals surface area contributed by atoms with E-state index >= 15 is 0 Å². The Morgan fingerprint density at radius 2 is 1.81 bits per heavy atom. The lowest BCUT2D eigenvalue weighted by Crippen LogP contribution is -2.40. The fourth-order valence-corrected chi connectivity index (χ4v) is 2.95. The lowest BCUT2D eigenvalue weighted by molar-refractivity contribution is 0.260. The highest BCUT2D eigenvalue weighted by molar-refractivity contribution is 5.26. The first-order chi connectivity index (χ1) is 10.1. The van der Waals surface area contributed by atoms with Gasteiger partial charge in [-0.1, -0.05) is 29.8 Å². The molecule has 2 heteroatoms. The van der Waals surface area contributed by atoms with Crippen molar-refractivity contribution in [1.29, 1.82) is 0 Å². The van der Waals surface area contributed by atoms with E-state index in [1.54, 1.807) is 0 Å². The molecule has 0 aromatic heterocycles. The third-order valence-electron chi connectivity index (χ3n) is 4.94. The van der Waals surface area contributed by atoms with E-state index in [4.69, 9.17) is 0 Å². The molecule has 2 nitrogen and oxygen atoms in total. The first-order valence-electron chi connectivity index (χ1n) is 8.56. The van der Waals surface area contributed by atoms with Crippen LogP contribution in [-0.2, 0) is 0 Å². The van der Waals surface area contributed by atoms with Gasteiger partial charge < -0.3 is 10.2 Å². The molecule has 0 radical (unpaired) electrons. The van der Waals surface area contributed by atoms with Crippen LogP contribution in [-0.4, -0.2) is 37.1 Å². The lowest BCUT2D eigenvalue weighted by Gasteiger charge is -2.36. The fourth-order valence-electron chi connectivity index (χ4n) is 2.95. The summed E-state index contributed by atoms with van der Waals surface area (Å²) >= 11 is 0. The summed E-state index contributed by atoms with van der Waals surface area (Å²) in [6.07, 6.45) is 5.22.